The van der Waals surface area contributed by atoms with Crippen LogP contribution in [0.4, 0.5) is 5.00 Å². The number of carbonyl (C=O) groups excluding carboxylic acids is 2. The van der Waals surface area contributed by atoms with Crippen LogP contribution in [0.5, 0.6) is 0 Å². The number of thiophene rings is 1. The first-order chi connectivity index (χ1) is 13.5. The number of halogens is 2. The quantitative estimate of drug-likeness (QED) is 0.539. The highest BCUT2D eigenvalue weighted by Crippen LogP contribution is 2.37. The Hall–Kier alpha value is -1.25. The average molecular weight is 474 g/mol. The molecule has 2 aromatic rings. The van der Waals surface area contributed by atoms with Crippen molar-refractivity contribution in [2.24, 2.45) is 5.73 Å². The third-order valence-electron chi connectivity index (χ3n) is 4.59. The third-order valence-corrected chi connectivity index (χ3v) is 6.98. The van der Waals surface area contributed by atoms with Gasteiger partial charge < -0.3 is 11.1 Å². The third kappa shape index (κ3) is 6.36. The number of nitrogens with one attached hydrogen (secondary N) is 1. The van der Waals surface area contributed by atoms with Crippen LogP contribution in [0.15, 0.2) is 29.2 Å². The molecule has 1 aliphatic heterocycles. The van der Waals surface area contributed by atoms with E-state index in [2.05, 4.69) is 17.1 Å². The highest BCUT2D eigenvalue weighted by Gasteiger charge is 2.27. The molecule has 3 N–H and O–H groups in total. The lowest BCUT2D eigenvalue weighted by molar-refractivity contribution is -0.115. The highest BCUT2D eigenvalue weighted by molar-refractivity contribution is 7.99. The summed E-state index contributed by atoms with van der Waals surface area (Å²) >= 11 is 8.96. The van der Waals surface area contributed by atoms with E-state index in [1.807, 2.05) is 24.3 Å². The summed E-state index contributed by atoms with van der Waals surface area (Å²) in [5, 5.41) is 4.21. The molecule has 0 unspecified atom stereocenters. The Bertz CT molecular complexity index is 856. The fraction of sp³-hybridized carbons (Fsp3) is 0.400. The number of anilines is 1. The second-order valence-corrected chi connectivity index (χ2v) is 9.41. The minimum Gasteiger partial charge on any atom is -0.365 e. The molecule has 0 atom stereocenters. The van der Waals surface area contributed by atoms with Gasteiger partial charge in [0.1, 0.15) is 5.00 Å². The summed E-state index contributed by atoms with van der Waals surface area (Å²) in [4.78, 5) is 29.0. The number of nitrogens with zero attached hydrogens (tertiary/aromatic N) is 1. The average Bonchev–Trinajstić information content (AvgIpc) is 3.00. The van der Waals surface area contributed by atoms with E-state index in [0.29, 0.717) is 27.8 Å². The molecule has 5 nitrogen and oxygen atoms in total. The molecule has 0 radical (unpaired) electrons. The number of hydrogen-bond acceptors (Lipinski definition) is 5. The molecule has 0 aliphatic carbocycles. The number of thioether (sulfide) groups is 1. The van der Waals surface area contributed by atoms with E-state index in [1.54, 1.807) is 11.8 Å². The summed E-state index contributed by atoms with van der Waals surface area (Å²) in [7, 11) is 0. The number of rotatable bonds is 8. The Morgan fingerprint density at radius 3 is 2.69 bits per heavy atom. The van der Waals surface area contributed by atoms with Crippen molar-refractivity contribution in [1.82, 2.24) is 4.90 Å². The molecule has 2 amide bonds. The Morgan fingerprint density at radius 2 is 2.03 bits per heavy atom. The standard InChI is InChI=1S/C20H24ClN3O2S2.ClH/c1-2-9-24-10-7-15-16(12-24)28-20(18(15)19(22)26)23-17(25)8-11-27-14-5-3-13(21)4-6-14;/h3-6H,2,7-12H2,1H3,(H2,22,26)(H,23,25);1H. The van der Waals surface area contributed by atoms with Crippen molar-refractivity contribution in [2.45, 2.75) is 37.6 Å². The summed E-state index contributed by atoms with van der Waals surface area (Å²) in [6, 6.07) is 7.54. The first-order valence-corrected chi connectivity index (χ1v) is 11.5. The van der Waals surface area contributed by atoms with E-state index in [-0.39, 0.29) is 18.3 Å². The highest BCUT2D eigenvalue weighted by atomic mass is 35.5. The lowest BCUT2D eigenvalue weighted by atomic mass is 10.0. The van der Waals surface area contributed by atoms with E-state index in [1.165, 1.54) is 11.3 Å². The molecular weight excluding hydrogens is 449 g/mol. The van der Waals surface area contributed by atoms with E-state index in [0.717, 1.165) is 47.8 Å². The predicted octanol–water partition coefficient (Wildman–Crippen LogP) is 4.81. The Labute approximate surface area is 190 Å². The van der Waals surface area contributed by atoms with Crippen molar-refractivity contribution in [1.29, 1.82) is 0 Å². The smallest absolute Gasteiger partial charge is 0.251 e. The summed E-state index contributed by atoms with van der Waals surface area (Å²) in [5.41, 5.74) is 7.13. The van der Waals surface area contributed by atoms with Crippen LogP contribution in [0.1, 0.15) is 40.6 Å². The molecular formula is C20H25Cl2N3O2S2. The maximum absolute atomic E-state index is 12.4. The lowest BCUT2D eigenvalue weighted by Gasteiger charge is -2.26. The van der Waals surface area contributed by atoms with Gasteiger partial charge in [-0.05, 0) is 49.2 Å². The van der Waals surface area contributed by atoms with E-state index in [4.69, 9.17) is 17.3 Å². The molecule has 0 saturated heterocycles. The van der Waals surface area contributed by atoms with Crippen LogP contribution in [0.25, 0.3) is 0 Å². The normalized spacial score (nSPS) is 13.4. The molecule has 9 heteroatoms. The van der Waals surface area contributed by atoms with Gasteiger partial charge in [0.15, 0.2) is 0 Å². The maximum atomic E-state index is 12.4. The predicted molar refractivity (Wildman–Crippen MR) is 125 cm³/mol. The van der Waals surface area contributed by atoms with Crippen molar-refractivity contribution in [3.05, 3.63) is 45.3 Å². The molecule has 3 rings (SSSR count). The Morgan fingerprint density at radius 1 is 1.31 bits per heavy atom. The topological polar surface area (TPSA) is 75.4 Å². The SMILES string of the molecule is CCCN1CCc2c(sc(NC(=O)CCSc3ccc(Cl)cc3)c2C(N)=O)C1.Cl. The monoisotopic (exact) mass is 473 g/mol. The van der Waals surface area contributed by atoms with Crippen molar-refractivity contribution >= 4 is 63.9 Å². The Kier molecular flexibility index (Phi) is 9.30. The molecule has 1 aromatic heterocycles. The van der Waals surface area contributed by atoms with Crippen molar-refractivity contribution in [2.75, 3.05) is 24.2 Å². The van der Waals surface area contributed by atoms with E-state index >= 15 is 0 Å². The van der Waals surface area contributed by atoms with Crippen LogP contribution in [-0.4, -0.2) is 35.6 Å². The maximum Gasteiger partial charge on any atom is 0.251 e. The summed E-state index contributed by atoms with van der Waals surface area (Å²) in [6.07, 6.45) is 2.25. The number of fused-ring (bicyclic) bond motifs is 1. The first kappa shape index (κ1) is 24.0. The minimum absolute atomic E-state index is 0. The van der Waals surface area contributed by atoms with Crippen LogP contribution in [0.2, 0.25) is 5.02 Å². The molecule has 2 heterocycles. The first-order valence-electron chi connectivity index (χ1n) is 9.32. The van der Waals surface area contributed by atoms with Gasteiger partial charge in [0, 0.05) is 40.1 Å². The van der Waals surface area contributed by atoms with Crippen molar-refractivity contribution < 1.29 is 9.59 Å². The summed E-state index contributed by atoms with van der Waals surface area (Å²) < 4.78 is 0. The zero-order valence-electron chi connectivity index (χ0n) is 16.2. The van der Waals surface area contributed by atoms with E-state index < -0.39 is 5.91 Å². The number of carbonyl (C=O) groups is 2. The number of benzene rings is 1. The van der Waals surface area contributed by atoms with Gasteiger partial charge in [0.05, 0.1) is 5.56 Å². The zero-order chi connectivity index (χ0) is 20.1. The molecule has 1 aliphatic rings. The van der Waals surface area contributed by atoms with Gasteiger partial charge >= 0.3 is 0 Å². The molecule has 0 bridgehead atoms. The molecule has 158 valence electrons. The van der Waals surface area contributed by atoms with E-state index in [9.17, 15) is 9.59 Å². The number of primary amides is 1. The molecule has 0 fully saturated rings. The van der Waals surface area contributed by atoms with Crippen LogP contribution in [-0.2, 0) is 17.8 Å². The lowest BCUT2D eigenvalue weighted by Crippen LogP contribution is -2.31. The van der Waals surface area contributed by atoms with Gasteiger partial charge in [0.25, 0.3) is 5.91 Å². The number of hydrogen-bond donors (Lipinski definition) is 2. The molecule has 29 heavy (non-hydrogen) atoms. The van der Waals surface area contributed by atoms with Gasteiger partial charge in [-0.2, -0.15) is 0 Å². The molecule has 1 aromatic carbocycles. The number of nitrogens with two attached hydrogens (primary N) is 1. The van der Waals surface area contributed by atoms with Crippen LogP contribution in [0.3, 0.4) is 0 Å². The van der Waals surface area contributed by atoms with Crippen molar-refractivity contribution in [3.8, 4) is 0 Å². The van der Waals surface area contributed by atoms with Crippen LogP contribution >= 0.6 is 47.1 Å². The van der Waals surface area contributed by atoms with Crippen LogP contribution < -0.4 is 11.1 Å². The summed E-state index contributed by atoms with van der Waals surface area (Å²) in [6.45, 7) is 4.93. The fourth-order valence-electron chi connectivity index (χ4n) is 3.29. The minimum atomic E-state index is -0.465. The van der Waals surface area contributed by atoms with Gasteiger partial charge in [-0.15, -0.1) is 35.5 Å². The van der Waals surface area contributed by atoms with Crippen molar-refractivity contribution in [3.63, 3.8) is 0 Å². The molecule has 0 spiro atoms. The fourth-order valence-corrected chi connectivity index (χ4v) is 5.58. The second kappa shape index (κ2) is 11.2. The van der Waals surface area contributed by atoms with Crippen LogP contribution in [0, 0.1) is 0 Å². The van der Waals surface area contributed by atoms with Gasteiger partial charge in [0.2, 0.25) is 5.91 Å². The number of amides is 2. The second-order valence-electron chi connectivity index (χ2n) is 6.70. The summed E-state index contributed by atoms with van der Waals surface area (Å²) in [5.74, 6) is 0.0783. The van der Waals surface area contributed by atoms with Gasteiger partial charge in [-0.25, -0.2) is 0 Å². The molecule has 0 saturated carbocycles. The van der Waals surface area contributed by atoms with Gasteiger partial charge in [-0.1, -0.05) is 18.5 Å². The zero-order valence-corrected chi connectivity index (χ0v) is 19.4. The van der Waals surface area contributed by atoms with Gasteiger partial charge in [-0.3, -0.25) is 14.5 Å². The largest absolute Gasteiger partial charge is 0.365 e. The Balaban J connectivity index is 0.00000300.